The number of amides is 1. The van der Waals surface area contributed by atoms with Crippen LogP contribution in [-0.2, 0) is 20.8 Å². The van der Waals surface area contributed by atoms with Crippen molar-refractivity contribution < 1.29 is 42.9 Å². The van der Waals surface area contributed by atoms with Gasteiger partial charge in [-0.15, -0.1) is 0 Å². The van der Waals surface area contributed by atoms with E-state index < -0.39 is 24.8 Å². The number of ether oxygens (including phenoxy) is 5. The molecule has 1 amide bonds. The number of fused-ring (bicyclic) bond motifs is 4. The average molecular weight is 552 g/mol. The van der Waals surface area contributed by atoms with Crippen molar-refractivity contribution in [2.24, 2.45) is 10.9 Å². The summed E-state index contributed by atoms with van der Waals surface area (Å²) in [6.45, 7) is 5.90. The van der Waals surface area contributed by atoms with Crippen molar-refractivity contribution in [2.45, 2.75) is 31.5 Å². The summed E-state index contributed by atoms with van der Waals surface area (Å²) in [4.78, 5) is 41.6. The van der Waals surface area contributed by atoms with E-state index in [-0.39, 0.29) is 31.7 Å². The number of oxime groups is 1. The Bertz CT molecular complexity index is 1400. The summed E-state index contributed by atoms with van der Waals surface area (Å²) in [5, 5.41) is 6.76. The van der Waals surface area contributed by atoms with Crippen LogP contribution in [0.15, 0.2) is 41.6 Å². The summed E-state index contributed by atoms with van der Waals surface area (Å²) in [5.74, 6) is 0.576. The SMILES string of the molecule is C=C(C)[C@H]1Cc2c(ccc(C3=NOC4COc5cc(C=O)c(OC)cc5C34)c2OCC(=O)OC(=O)NCCN)O1. The molecule has 3 N–H and O–H groups in total. The molecule has 3 aliphatic heterocycles. The maximum atomic E-state index is 12.4. The van der Waals surface area contributed by atoms with Crippen molar-refractivity contribution in [1.82, 2.24) is 5.32 Å². The number of methoxy groups -OCH3 is 1. The lowest BCUT2D eigenvalue weighted by molar-refractivity contribution is -0.139. The number of carbonyl (C=O) groups excluding carboxylic acids is 3. The lowest BCUT2D eigenvalue weighted by Crippen LogP contribution is -2.33. The predicted octanol–water partition coefficient (Wildman–Crippen LogP) is 2.26. The minimum atomic E-state index is -0.915. The Morgan fingerprint density at radius 1 is 1.27 bits per heavy atom. The Hall–Kier alpha value is -4.58. The Kier molecular flexibility index (Phi) is 7.60. The van der Waals surface area contributed by atoms with Gasteiger partial charge in [0, 0.05) is 36.2 Å². The Morgan fingerprint density at radius 3 is 2.83 bits per heavy atom. The molecule has 0 bridgehead atoms. The van der Waals surface area contributed by atoms with Crippen molar-refractivity contribution in [2.75, 3.05) is 33.4 Å². The fraction of sp³-hybridized carbons (Fsp3) is 0.357. The number of alkyl carbamates (subject to hydrolysis) is 1. The van der Waals surface area contributed by atoms with Gasteiger partial charge in [0.2, 0.25) is 0 Å². The molecule has 5 rings (SSSR count). The van der Waals surface area contributed by atoms with Crippen LogP contribution in [0.1, 0.15) is 39.9 Å². The van der Waals surface area contributed by atoms with Gasteiger partial charge < -0.3 is 39.6 Å². The summed E-state index contributed by atoms with van der Waals surface area (Å²) in [5.41, 5.74) is 9.12. The monoisotopic (exact) mass is 551 g/mol. The molecule has 0 radical (unpaired) electrons. The molecule has 2 unspecified atom stereocenters. The topological polar surface area (TPSA) is 157 Å². The maximum Gasteiger partial charge on any atom is 0.415 e. The number of benzene rings is 2. The van der Waals surface area contributed by atoms with Crippen molar-refractivity contribution in [3.63, 3.8) is 0 Å². The zero-order valence-corrected chi connectivity index (χ0v) is 22.1. The molecule has 40 heavy (non-hydrogen) atoms. The molecule has 0 saturated heterocycles. The molecule has 210 valence electrons. The first-order chi connectivity index (χ1) is 19.3. The Balaban J connectivity index is 1.50. The second-order valence-corrected chi connectivity index (χ2v) is 9.50. The molecule has 3 heterocycles. The van der Waals surface area contributed by atoms with Crippen LogP contribution in [0.2, 0.25) is 0 Å². The van der Waals surface area contributed by atoms with Crippen molar-refractivity contribution in [3.8, 4) is 23.0 Å². The summed E-state index contributed by atoms with van der Waals surface area (Å²) < 4.78 is 28.1. The van der Waals surface area contributed by atoms with Crippen LogP contribution >= 0.6 is 0 Å². The van der Waals surface area contributed by atoms with Crippen molar-refractivity contribution in [1.29, 1.82) is 0 Å². The van der Waals surface area contributed by atoms with Crippen LogP contribution in [0.4, 0.5) is 4.79 Å². The minimum absolute atomic E-state index is 0.162. The number of nitrogens with two attached hydrogens (primary N) is 1. The van der Waals surface area contributed by atoms with Crippen molar-refractivity contribution in [3.05, 3.63) is 58.7 Å². The second kappa shape index (κ2) is 11.3. The lowest BCUT2D eigenvalue weighted by atomic mass is 9.83. The number of esters is 1. The van der Waals surface area contributed by atoms with Crippen LogP contribution < -0.4 is 30.0 Å². The molecular formula is C28H29N3O9. The molecule has 2 aromatic carbocycles. The quantitative estimate of drug-likeness (QED) is 0.205. The number of hydrogen-bond acceptors (Lipinski definition) is 11. The number of carbonyl (C=O) groups is 3. The fourth-order valence-electron chi connectivity index (χ4n) is 4.92. The Morgan fingerprint density at radius 2 is 2.10 bits per heavy atom. The fourth-order valence-corrected chi connectivity index (χ4v) is 4.92. The van der Waals surface area contributed by atoms with Gasteiger partial charge in [0.15, 0.2) is 19.0 Å². The highest BCUT2D eigenvalue weighted by Gasteiger charge is 2.44. The van der Waals surface area contributed by atoms with E-state index in [1.807, 2.05) is 13.0 Å². The molecule has 3 aliphatic rings. The van der Waals surface area contributed by atoms with E-state index in [1.165, 1.54) is 7.11 Å². The number of rotatable bonds is 9. The molecule has 0 saturated carbocycles. The zero-order chi connectivity index (χ0) is 28.4. The summed E-state index contributed by atoms with van der Waals surface area (Å²) in [6, 6.07) is 6.96. The van der Waals surface area contributed by atoms with E-state index in [2.05, 4.69) is 17.1 Å². The molecule has 2 aromatic rings. The molecule has 12 nitrogen and oxygen atoms in total. The summed E-state index contributed by atoms with van der Waals surface area (Å²) >= 11 is 0. The van der Waals surface area contributed by atoms with E-state index in [9.17, 15) is 14.4 Å². The molecule has 0 fully saturated rings. The van der Waals surface area contributed by atoms with Gasteiger partial charge in [0.25, 0.3) is 0 Å². The largest absolute Gasteiger partial charge is 0.496 e. The van der Waals surface area contributed by atoms with Crippen LogP contribution in [0.3, 0.4) is 0 Å². The highest BCUT2D eigenvalue weighted by Crippen LogP contribution is 2.47. The molecular weight excluding hydrogens is 522 g/mol. The third-order valence-electron chi connectivity index (χ3n) is 6.84. The van der Waals surface area contributed by atoms with Gasteiger partial charge in [-0.05, 0) is 36.8 Å². The molecule has 0 aromatic heterocycles. The van der Waals surface area contributed by atoms with Gasteiger partial charge in [-0.2, -0.15) is 0 Å². The number of hydrogen-bond donors (Lipinski definition) is 2. The first-order valence-electron chi connectivity index (χ1n) is 12.7. The van der Waals surface area contributed by atoms with E-state index in [0.29, 0.717) is 52.5 Å². The minimum Gasteiger partial charge on any atom is -0.496 e. The predicted molar refractivity (Wildman–Crippen MR) is 141 cm³/mol. The van der Waals surface area contributed by atoms with Crippen molar-refractivity contribution >= 4 is 24.1 Å². The van der Waals surface area contributed by atoms with Crippen LogP contribution in [0, 0.1) is 0 Å². The second-order valence-electron chi connectivity index (χ2n) is 9.50. The number of nitrogens with zero attached hydrogens (tertiary/aromatic N) is 1. The van der Waals surface area contributed by atoms with Gasteiger partial charge in [-0.25, -0.2) is 9.59 Å². The van der Waals surface area contributed by atoms with E-state index in [4.69, 9.17) is 34.3 Å². The van der Waals surface area contributed by atoms with E-state index in [1.54, 1.807) is 18.2 Å². The molecule has 0 aliphatic carbocycles. The highest BCUT2D eigenvalue weighted by molar-refractivity contribution is 6.09. The van der Waals surface area contributed by atoms with E-state index in [0.717, 1.165) is 16.7 Å². The zero-order valence-electron chi connectivity index (χ0n) is 22.1. The molecule has 12 heteroatoms. The lowest BCUT2D eigenvalue weighted by Gasteiger charge is -2.28. The number of aldehydes is 1. The van der Waals surface area contributed by atoms with Crippen LogP contribution in [0.25, 0.3) is 0 Å². The highest BCUT2D eigenvalue weighted by atomic mass is 16.7. The van der Waals surface area contributed by atoms with Gasteiger partial charge >= 0.3 is 12.1 Å². The van der Waals surface area contributed by atoms with E-state index >= 15 is 0 Å². The van der Waals surface area contributed by atoms with Gasteiger partial charge in [0.1, 0.15) is 41.4 Å². The first kappa shape index (κ1) is 27.0. The maximum absolute atomic E-state index is 12.4. The van der Waals surface area contributed by atoms with Gasteiger partial charge in [-0.3, -0.25) is 4.79 Å². The number of nitrogens with one attached hydrogen (secondary N) is 1. The standard InChI is InChI=1S/C28H29N3O9/c1-14(2)20-10-18-19(38-20)5-4-16(27(18)37-13-24(33)39-28(34)30-7-6-29)26-25-17-9-21(35-3)15(11-32)8-22(17)36-12-23(25)40-31-26/h4-5,8-9,11,20,23,25H,1,6-7,10,12-13,29H2,2-3H3,(H,30,34)/t20-,23?,25?/m1/s1. The smallest absolute Gasteiger partial charge is 0.415 e. The van der Waals surface area contributed by atoms with Crippen LogP contribution in [0.5, 0.6) is 23.0 Å². The molecule has 0 spiro atoms. The van der Waals surface area contributed by atoms with Gasteiger partial charge in [-0.1, -0.05) is 11.7 Å². The third kappa shape index (κ3) is 5.05. The van der Waals surface area contributed by atoms with Gasteiger partial charge in [0.05, 0.1) is 18.6 Å². The summed E-state index contributed by atoms with van der Waals surface area (Å²) in [7, 11) is 1.48. The average Bonchev–Trinajstić information content (AvgIpc) is 3.59. The molecule has 3 atom stereocenters. The Labute approximate surface area is 230 Å². The summed E-state index contributed by atoms with van der Waals surface area (Å²) in [6.07, 6.45) is -0.466. The third-order valence-corrected chi connectivity index (χ3v) is 6.84. The first-order valence-corrected chi connectivity index (χ1v) is 12.7. The van der Waals surface area contributed by atoms with Crippen LogP contribution in [-0.4, -0.2) is 69.7 Å². The normalized spacial score (nSPS) is 19.9.